The van der Waals surface area contributed by atoms with Crippen LogP contribution in [-0.2, 0) is 4.79 Å². The van der Waals surface area contributed by atoms with E-state index in [1.165, 1.54) is 22.4 Å². The SMILES string of the molecule is Cc1ccccc1/C=C/C(=O)N1CCN(c2cccc(C)c2C)CC1. The lowest BCUT2D eigenvalue weighted by atomic mass is 10.1. The van der Waals surface area contributed by atoms with Crippen LogP contribution in [0.2, 0.25) is 0 Å². The average molecular weight is 334 g/mol. The highest BCUT2D eigenvalue weighted by Gasteiger charge is 2.21. The van der Waals surface area contributed by atoms with Crippen LogP contribution >= 0.6 is 0 Å². The van der Waals surface area contributed by atoms with Crippen LogP contribution in [0.3, 0.4) is 0 Å². The number of nitrogens with zero attached hydrogens (tertiary/aromatic N) is 2. The minimum atomic E-state index is 0.101. The maximum Gasteiger partial charge on any atom is 0.246 e. The second-order valence-electron chi connectivity index (χ2n) is 6.72. The molecule has 1 heterocycles. The first-order valence-electron chi connectivity index (χ1n) is 8.90. The number of hydrogen-bond donors (Lipinski definition) is 0. The summed E-state index contributed by atoms with van der Waals surface area (Å²) in [4.78, 5) is 16.8. The Kier molecular flexibility index (Phi) is 5.22. The number of aryl methyl sites for hydroxylation is 2. The quantitative estimate of drug-likeness (QED) is 0.793. The van der Waals surface area contributed by atoms with Crippen molar-refractivity contribution >= 4 is 17.7 Å². The fourth-order valence-corrected chi connectivity index (χ4v) is 3.29. The lowest BCUT2D eigenvalue weighted by molar-refractivity contribution is -0.126. The van der Waals surface area contributed by atoms with Crippen LogP contribution in [0.25, 0.3) is 6.08 Å². The Hall–Kier alpha value is -2.55. The molecule has 2 aromatic carbocycles. The number of piperazine rings is 1. The number of amides is 1. The van der Waals surface area contributed by atoms with Gasteiger partial charge in [0.2, 0.25) is 5.91 Å². The van der Waals surface area contributed by atoms with E-state index in [1.54, 1.807) is 6.08 Å². The average Bonchev–Trinajstić information content (AvgIpc) is 2.63. The lowest BCUT2D eigenvalue weighted by Gasteiger charge is -2.36. The molecule has 3 nitrogen and oxygen atoms in total. The van der Waals surface area contributed by atoms with Crippen LogP contribution in [0.5, 0.6) is 0 Å². The summed E-state index contributed by atoms with van der Waals surface area (Å²) in [5, 5.41) is 0. The van der Waals surface area contributed by atoms with E-state index in [0.29, 0.717) is 0 Å². The monoisotopic (exact) mass is 334 g/mol. The Morgan fingerprint density at radius 2 is 1.56 bits per heavy atom. The molecule has 0 aromatic heterocycles. The summed E-state index contributed by atoms with van der Waals surface area (Å²) in [6, 6.07) is 14.6. The maximum atomic E-state index is 12.5. The maximum absolute atomic E-state index is 12.5. The van der Waals surface area contributed by atoms with Gasteiger partial charge in [0, 0.05) is 37.9 Å². The van der Waals surface area contributed by atoms with Crippen LogP contribution in [0, 0.1) is 20.8 Å². The number of rotatable bonds is 3. The van der Waals surface area contributed by atoms with Crippen molar-refractivity contribution in [3.63, 3.8) is 0 Å². The van der Waals surface area contributed by atoms with Gasteiger partial charge in [-0.1, -0.05) is 36.4 Å². The Morgan fingerprint density at radius 3 is 2.28 bits per heavy atom. The molecule has 3 rings (SSSR count). The molecule has 1 amide bonds. The van der Waals surface area contributed by atoms with Gasteiger partial charge in [-0.2, -0.15) is 0 Å². The summed E-state index contributed by atoms with van der Waals surface area (Å²) in [7, 11) is 0. The molecule has 1 saturated heterocycles. The predicted octanol–water partition coefficient (Wildman–Crippen LogP) is 3.97. The van der Waals surface area contributed by atoms with Crippen molar-refractivity contribution in [2.24, 2.45) is 0 Å². The van der Waals surface area contributed by atoms with Gasteiger partial charge in [-0.3, -0.25) is 4.79 Å². The van der Waals surface area contributed by atoms with E-state index in [4.69, 9.17) is 0 Å². The zero-order valence-corrected chi connectivity index (χ0v) is 15.3. The third kappa shape index (κ3) is 3.93. The molecule has 0 atom stereocenters. The molecule has 0 unspecified atom stereocenters. The lowest BCUT2D eigenvalue weighted by Crippen LogP contribution is -2.48. The van der Waals surface area contributed by atoms with Crippen molar-refractivity contribution < 1.29 is 4.79 Å². The normalized spacial score (nSPS) is 15.0. The van der Waals surface area contributed by atoms with E-state index in [1.807, 2.05) is 29.2 Å². The van der Waals surface area contributed by atoms with Crippen molar-refractivity contribution in [2.75, 3.05) is 31.1 Å². The molecule has 3 heteroatoms. The third-order valence-corrected chi connectivity index (χ3v) is 5.10. The van der Waals surface area contributed by atoms with E-state index in [0.717, 1.165) is 31.7 Å². The summed E-state index contributed by atoms with van der Waals surface area (Å²) in [6.07, 6.45) is 3.63. The first-order chi connectivity index (χ1) is 12.1. The van der Waals surface area contributed by atoms with Crippen LogP contribution in [-0.4, -0.2) is 37.0 Å². The van der Waals surface area contributed by atoms with Crippen molar-refractivity contribution in [1.82, 2.24) is 4.90 Å². The van der Waals surface area contributed by atoms with E-state index in [-0.39, 0.29) is 5.91 Å². The molecule has 0 aliphatic carbocycles. The molecule has 25 heavy (non-hydrogen) atoms. The summed E-state index contributed by atoms with van der Waals surface area (Å²) in [5.41, 5.74) is 6.23. The third-order valence-electron chi connectivity index (χ3n) is 5.10. The number of carbonyl (C=O) groups is 1. The second kappa shape index (κ2) is 7.56. The van der Waals surface area contributed by atoms with Gasteiger partial charge in [0.05, 0.1) is 0 Å². The van der Waals surface area contributed by atoms with Gasteiger partial charge in [0.1, 0.15) is 0 Å². The molecule has 0 N–H and O–H groups in total. The molecule has 1 fully saturated rings. The number of benzene rings is 2. The zero-order chi connectivity index (χ0) is 17.8. The number of hydrogen-bond acceptors (Lipinski definition) is 2. The zero-order valence-electron chi connectivity index (χ0n) is 15.3. The summed E-state index contributed by atoms with van der Waals surface area (Å²) in [6.45, 7) is 9.69. The molecule has 1 aliphatic heterocycles. The standard InChI is InChI=1S/C22H26N2O/c1-17-8-6-10-21(19(17)3)23-13-15-24(16-14-23)22(25)12-11-20-9-5-4-7-18(20)2/h4-12H,13-16H2,1-3H3/b12-11+. The van der Waals surface area contributed by atoms with Crippen molar-refractivity contribution in [2.45, 2.75) is 20.8 Å². The van der Waals surface area contributed by atoms with Gasteiger partial charge in [0.15, 0.2) is 0 Å². The smallest absolute Gasteiger partial charge is 0.246 e. The van der Waals surface area contributed by atoms with E-state index < -0.39 is 0 Å². The van der Waals surface area contributed by atoms with Crippen molar-refractivity contribution in [1.29, 1.82) is 0 Å². The Balaban J connectivity index is 1.61. The highest BCUT2D eigenvalue weighted by Crippen LogP contribution is 2.24. The molecule has 0 bridgehead atoms. The molecular weight excluding hydrogens is 308 g/mol. The molecular formula is C22H26N2O. The van der Waals surface area contributed by atoms with E-state index in [2.05, 4.69) is 49.9 Å². The largest absolute Gasteiger partial charge is 0.368 e. The van der Waals surface area contributed by atoms with Crippen LogP contribution in [0.1, 0.15) is 22.3 Å². The van der Waals surface area contributed by atoms with Gasteiger partial charge in [-0.25, -0.2) is 0 Å². The fraction of sp³-hybridized carbons (Fsp3) is 0.318. The minimum Gasteiger partial charge on any atom is -0.368 e. The first-order valence-corrected chi connectivity index (χ1v) is 8.90. The first kappa shape index (κ1) is 17.3. The van der Waals surface area contributed by atoms with E-state index >= 15 is 0 Å². The molecule has 0 saturated carbocycles. The summed E-state index contributed by atoms with van der Waals surface area (Å²) in [5.74, 6) is 0.101. The highest BCUT2D eigenvalue weighted by atomic mass is 16.2. The van der Waals surface area contributed by atoms with Crippen molar-refractivity contribution in [3.8, 4) is 0 Å². The van der Waals surface area contributed by atoms with Gasteiger partial charge in [-0.15, -0.1) is 0 Å². The van der Waals surface area contributed by atoms with Gasteiger partial charge in [-0.05, 0) is 55.2 Å². The van der Waals surface area contributed by atoms with Crippen LogP contribution < -0.4 is 4.90 Å². The molecule has 2 aromatic rings. The Labute approximate surface area is 150 Å². The number of anilines is 1. The Bertz CT molecular complexity index is 786. The van der Waals surface area contributed by atoms with Gasteiger partial charge in [0.25, 0.3) is 0 Å². The number of carbonyl (C=O) groups excluding carboxylic acids is 1. The summed E-state index contributed by atoms with van der Waals surface area (Å²) < 4.78 is 0. The minimum absolute atomic E-state index is 0.101. The van der Waals surface area contributed by atoms with Crippen LogP contribution in [0.4, 0.5) is 5.69 Å². The summed E-state index contributed by atoms with van der Waals surface area (Å²) >= 11 is 0. The fourth-order valence-electron chi connectivity index (χ4n) is 3.29. The predicted molar refractivity (Wildman–Crippen MR) is 105 cm³/mol. The second-order valence-corrected chi connectivity index (χ2v) is 6.72. The topological polar surface area (TPSA) is 23.6 Å². The molecule has 130 valence electrons. The van der Waals surface area contributed by atoms with E-state index in [9.17, 15) is 4.79 Å². The molecule has 0 radical (unpaired) electrons. The van der Waals surface area contributed by atoms with Crippen molar-refractivity contribution in [3.05, 3.63) is 70.8 Å². The van der Waals surface area contributed by atoms with Gasteiger partial charge >= 0.3 is 0 Å². The Morgan fingerprint density at radius 1 is 0.880 bits per heavy atom. The van der Waals surface area contributed by atoms with Gasteiger partial charge < -0.3 is 9.80 Å². The van der Waals surface area contributed by atoms with Crippen LogP contribution in [0.15, 0.2) is 48.5 Å². The highest BCUT2D eigenvalue weighted by molar-refractivity contribution is 5.92. The molecule has 1 aliphatic rings. The molecule has 0 spiro atoms.